The molecule has 144 valence electrons. The molecule has 28 heavy (non-hydrogen) atoms. The molecular weight excluding hydrogens is 356 g/mol. The number of carbonyl (C=O) groups is 1. The molecule has 9 heteroatoms. The maximum Gasteiger partial charge on any atom is 0.234 e. The summed E-state index contributed by atoms with van der Waals surface area (Å²) in [5.74, 6) is 1.71. The standard InChI is InChI=1S/C19H22N8O/c28-19-12-21-11-15(24-19)14-8-16-13(9-22-14)10-23-27(16)18-3-1-2-17(25-18)26-6-4-20-5-7-26/h1-3,8-10,15,20-21H,4-7,11-12H2,(H,24,28). The molecule has 2 saturated heterocycles. The summed E-state index contributed by atoms with van der Waals surface area (Å²) in [6, 6.07) is 7.85. The van der Waals surface area contributed by atoms with Gasteiger partial charge in [-0.1, -0.05) is 6.07 Å². The van der Waals surface area contributed by atoms with Gasteiger partial charge in [-0.2, -0.15) is 5.10 Å². The van der Waals surface area contributed by atoms with Gasteiger partial charge >= 0.3 is 0 Å². The fraction of sp³-hybridized carbons (Fsp3) is 0.368. The van der Waals surface area contributed by atoms with Crippen LogP contribution in [0, 0.1) is 0 Å². The summed E-state index contributed by atoms with van der Waals surface area (Å²) in [5, 5.41) is 14.9. The molecule has 1 amide bonds. The molecule has 2 aliphatic heterocycles. The van der Waals surface area contributed by atoms with Gasteiger partial charge in [-0.25, -0.2) is 9.67 Å². The molecule has 9 nitrogen and oxygen atoms in total. The Morgan fingerprint density at radius 3 is 2.79 bits per heavy atom. The lowest BCUT2D eigenvalue weighted by Gasteiger charge is -2.28. The molecule has 5 heterocycles. The van der Waals surface area contributed by atoms with Crippen LogP contribution in [0.4, 0.5) is 5.82 Å². The zero-order valence-electron chi connectivity index (χ0n) is 15.4. The van der Waals surface area contributed by atoms with E-state index in [-0.39, 0.29) is 11.9 Å². The second-order valence-corrected chi connectivity index (χ2v) is 7.07. The molecule has 3 aromatic rings. The van der Waals surface area contributed by atoms with E-state index in [9.17, 15) is 4.79 Å². The van der Waals surface area contributed by atoms with Crippen LogP contribution in [0.15, 0.2) is 36.7 Å². The van der Waals surface area contributed by atoms with Crippen LogP contribution >= 0.6 is 0 Å². The maximum absolute atomic E-state index is 11.7. The monoisotopic (exact) mass is 378 g/mol. The zero-order valence-corrected chi connectivity index (χ0v) is 15.4. The maximum atomic E-state index is 11.7. The second-order valence-electron chi connectivity index (χ2n) is 7.07. The molecule has 0 aromatic carbocycles. The Bertz CT molecular complexity index is 1010. The lowest BCUT2D eigenvalue weighted by Crippen LogP contribution is -2.47. The SMILES string of the molecule is O=C1CNCC(c2cc3c(cn2)cnn3-c2cccc(N3CCNCC3)n2)N1. The molecule has 1 unspecified atom stereocenters. The summed E-state index contributed by atoms with van der Waals surface area (Å²) >= 11 is 0. The molecule has 0 saturated carbocycles. The van der Waals surface area contributed by atoms with Crippen molar-refractivity contribution in [1.82, 2.24) is 35.7 Å². The van der Waals surface area contributed by atoms with E-state index in [1.165, 1.54) is 0 Å². The van der Waals surface area contributed by atoms with Crippen LogP contribution in [-0.2, 0) is 4.79 Å². The number of hydrogen-bond acceptors (Lipinski definition) is 7. The van der Waals surface area contributed by atoms with Crippen molar-refractivity contribution >= 4 is 22.6 Å². The predicted molar refractivity (Wildman–Crippen MR) is 105 cm³/mol. The summed E-state index contributed by atoms with van der Waals surface area (Å²) in [5.41, 5.74) is 1.74. The summed E-state index contributed by atoms with van der Waals surface area (Å²) in [6.45, 7) is 4.82. The third-order valence-corrected chi connectivity index (χ3v) is 5.18. The number of piperazine rings is 2. The minimum absolute atomic E-state index is 0.0166. The Balaban J connectivity index is 1.50. The van der Waals surface area contributed by atoms with Gasteiger partial charge in [-0.05, 0) is 18.2 Å². The number of rotatable bonds is 3. The highest BCUT2D eigenvalue weighted by atomic mass is 16.2. The van der Waals surface area contributed by atoms with Crippen molar-refractivity contribution in [3.63, 3.8) is 0 Å². The van der Waals surface area contributed by atoms with E-state index in [1.807, 2.05) is 28.9 Å². The van der Waals surface area contributed by atoms with E-state index >= 15 is 0 Å². The van der Waals surface area contributed by atoms with Gasteiger partial charge in [0, 0.05) is 44.3 Å². The van der Waals surface area contributed by atoms with Crippen LogP contribution in [-0.4, -0.2) is 64.9 Å². The average Bonchev–Trinajstić information content (AvgIpc) is 3.18. The van der Waals surface area contributed by atoms with Crippen molar-refractivity contribution in [1.29, 1.82) is 0 Å². The van der Waals surface area contributed by atoms with E-state index in [4.69, 9.17) is 4.98 Å². The first-order chi connectivity index (χ1) is 13.8. The number of amides is 1. The Hall–Kier alpha value is -3.04. The normalized spacial score (nSPS) is 20.4. The lowest BCUT2D eigenvalue weighted by molar-refractivity contribution is -0.122. The van der Waals surface area contributed by atoms with Crippen molar-refractivity contribution in [2.24, 2.45) is 0 Å². The fourth-order valence-electron chi connectivity index (χ4n) is 3.71. The molecule has 0 spiro atoms. The Morgan fingerprint density at radius 1 is 1.07 bits per heavy atom. The smallest absolute Gasteiger partial charge is 0.234 e. The van der Waals surface area contributed by atoms with E-state index in [1.54, 1.807) is 12.4 Å². The molecule has 3 N–H and O–H groups in total. The van der Waals surface area contributed by atoms with Gasteiger partial charge < -0.3 is 20.9 Å². The molecule has 1 atom stereocenters. The van der Waals surface area contributed by atoms with Crippen LogP contribution in [0.1, 0.15) is 11.7 Å². The molecule has 3 aromatic heterocycles. The summed E-state index contributed by atoms with van der Waals surface area (Å²) < 4.78 is 1.84. The first kappa shape index (κ1) is 17.1. The van der Waals surface area contributed by atoms with Gasteiger partial charge in [0.15, 0.2) is 5.82 Å². The number of pyridine rings is 2. The minimum Gasteiger partial charge on any atom is -0.354 e. The fourth-order valence-corrected chi connectivity index (χ4v) is 3.71. The van der Waals surface area contributed by atoms with Crippen molar-refractivity contribution in [3.8, 4) is 5.82 Å². The van der Waals surface area contributed by atoms with E-state index in [2.05, 4.69) is 30.9 Å². The Kier molecular flexibility index (Phi) is 4.38. The number of aromatic nitrogens is 4. The number of fused-ring (bicyclic) bond motifs is 1. The van der Waals surface area contributed by atoms with Crippen LogP contribution in [0.5, 0.6) is 0 Å². The van der Waals surface area contributed by atoms with Crippen LogP contribution in [0.2, 0.25) is 0 Å². The molecule has 0 radical (unpaired) electrons. The number of nitrogens with one attached hydrogen (secondary N) is 3. The number of carbonyl (C=O) groups excluding carboxylic acids is 1. The molecule has 0 bridgehead atoms. The van der Waals surface area contributed by atoms with Gasteiger partial charge in [-0.3, -0.25) is 9.78 Å². The third kappa shape index (κ3) is 3.19. The number of nitrogens with zero attached hydrogens (tertiary/aromatic N) is 5. The largest absolute Gasteiger partial charge is 0.354 e. The number of hydrogen-bond donors (Lipinski definition) is 3. The molecule has 2 fully saturated rings. The summed E-state index contributed by atoms with van der Waals surface area (Å²) in [7, 11) is 0. The molecule has 5 rings (SSSR count). The van der Waals surface area contributed by atoms with Crippen LogP contribution in [0.3, 0.4) is 0 Å². The minimum atomic E-state index is -0.144. The summed E-state index contributed by atoms with van der Waals surface area (Å²) in [6.07, 6.45) is 3.60. The van der Waals surface area contributed by atoms with E-state index in [0.29, 0.717) is 13.1 Å². The van der Waals surface area contributed by atoms with Gasteiger partial charge in [0.05, 0.1) is 30.0 Å². The Labute approximate surface area is 162 Å². The highest BCUT2D eigenvalue weighted by molar-refractivity contribution is 5.81. The van der Waals surface area contributed by atoms with Crippen molar-refractivity contribution in [2.45, 2.75) is 6.04 Å². The topological polar surface area (TPSA) is 100 Å². The summed E-state index contributed by atoms with van der Waals surface area (Å²) in [4.78, 5) is 23.3. The van der Waals surface area contributed by atoms with Crippen molar-refractivity contribution < 1.29 is 4.79 Å². The third-order valence-electron chi connectivity index (χ3n) is 5.18. The second kappa shape index (κ2) is 7.17. The Morgan fingerprint density at radius 2 is 1.93 bits per heavy atom. The molecular formula is C19H22N8O. The molecule has 2 aliphatic rings. The van der Waals surface area contributed by atoms with Gasteiger partial charge in [0.25, 0.3) is 0 Å². The van der Waals surface area contributed by atoms with E-state index in [0.717, 1.165) is 54.4 Å². The predicted octanol–water partition coefficient (Wildman–Crippen LogP) is -0.0144. The van der Waals surface area contributed by atoms with Crippen LogP contribution < -0.4 is 20.9 Å². The first-order valence-electron chi connectivity index (χ1n) is 9.55. The number of anilines is 1. The van der Waals surface area contributed by atoms with E-state index < -0.39 is 0 Å². The first-order valence-corrected chi connectivity index (χ1v) is 9.55. The van der Waals surface area contributed by atoms with Gasteiger partial charge in [0.1, 0.15) is 5.82 Å². The average molecular weight is 378 g/mol. The zero-order chi connectivity index (χ0) is 18.9. The van der Waals surface area contributed by atoms with Crippen LogP contribution in [0.25, 0.3) is 16.7 Å². The lowest BCUT2D eigenvalue weighted by atomic mass is 10.1. The quantitative estimate of drug-likeness (QED) is 0.589. The highest BCUT2D eigenvalue weighted by Gasteiger charge is 2.21. The van der Waals surface area contributed by atoms with Crippen molar-refractivity contribution in [3.05, 3.63) is 42.4 Å². The van der Waals surface area contributed by atoms with Crippen molar-refractivity contribution in [2.75, 3.05) is 44.2 Å². The molecule has 0 aliphatic carbocycles. The van der Waals surface area contributed by atoms with Gasteiger partial charge in [0.2, 0.25) is 5.91 Å². The van der Waals surface area contributed by atoms with Gasteiger partial charge in [-0.15, -0.1) is 0 Å². The highest BCUT2D eigenvalue weighted by Crippen LogP contribution is 2.22.